The Kier molecular flexibility index (Phi) is 4.36. The van der Waals surface area contributed by atoms with Crippen LogP contribution < -0.4 is 0 Å². The van der Waals surface area contributed by atoms with Gasteiger partial charge in [0.2, 0.25) is 0 Å². The Morgan fingerprint density at radius 3 is 2.26 bits per heavy atom. The van der Waals surface area contributed by atoms with Gasteiger partial charge in [0, 0.05) is 11.6 Å². The summed E-state index contributed by atoms with van der Waals surface area (Å²) in [6, 6.07) is 3.86. The predicted molar refractivity (Wildman–Crippen MR) is 91.3 cm³/mol. The van der Waals surface area contributed by atoms with Gasteiger partial charge in [0.25, 0.3) is 0 Å². The van der Waals surface area contributed by atoms with Crippen molar-refractivity contribution in [3.05, 3.63) is 29.6 Å². The number of nitrogens with zero attached hydrogens (tertiary/aromatic N) is 1. The highest BCUT2D eigenvalue weighted by molar-refractivity contribution is 6.83. The third kappa shape index (κ3) is 3.51. The van der Waals surface area contributed by atoms with Crippen molar-refractivity contribution < 1.29 is 14.2 Å². The molecule has 0 amide bonds. The maximum absolute atomic E-state index is 5.95. The minimum atomic E-state index is -1.39. The van der Waals surface area contributed by atoms with Gasteiger partial charge in [-0.15, -0.1) is 5.54 Å². The Hall–Kier alpha value is -1.19. The van der Waals surface area contributed by atoms with Crippen LogP contribution in [-0.2, 0) is 20.2 Å². The van der Waals surface area contributed by atoms with Gasteiger partial charge in [-0.05, 0) is 18.6 Å². The molecule has 0 aliphatic carbocycles. The van der Waals surface area contributed by atoms with Gasteiger partial charge in [-0.25, -0.2) is 4.98 Å². The molecular formula is C18H25NO3Si. The van der Waals surface area contributed by atoms with E-state index in [9.17, 15) is 0 Å². The lowest BCUT2D eigenvalue weighted by Gasteiger charge is -2.51. The molecule has 5 heteroatoms. The summed E-state index contributed by atoms with van der Waals surface area (Å²) < 4.78 is 17.8. The van der Waals surface area contributed by atoms with Crippen molar-refractivity contribution in [1.82, 2.24) is 4.98 Å². The highest BCUT2D eigenvalue weighted by Gasteiger charge is 2.53. The second-order valence-corrected chi connectivity index (χ2v) is 12.4. The quantitative estimate of drug-likeness (QED) is 0.629. The molecule has 124 valence electrons. The molecule has 0 radical (unpaired) electrons. The second kappa shape index (κ2) is 6.03. The summed E-state index contributed by atoms with van der Waals surface area (Å²) >= 11 is 0. The molecule has 0 saturated carbocycles. The van der Waals surface area contributed by atoms with Crippen LogP contribution in [0.2, 0.25) is 19.6 Å². The minimum absolute atomic E-state index is 0.0205. The van der Waals surface area contributed by atoms with E-state index in [2.05, 4.69) is 43.0 Å². The first-order chi connectivity index (χ1) is 10.9. The average molecular weight is 331 g/mol. The Bertz CT molecular complexity index is 600. The zero-order valence-corrected chi connectivity index (χ0v) is 15.4. The van der Waals surface area contributed by atoms with E-state index in [1.54, 1.807) is 6.20 Å². The fourth-order valence-corrected chi connectivity index (χ4v) is 3.39. The lowest BCUT2D eigenvalue weighted by Crippen LogP contribution is -2.58. The number of hydrogen-bond acceptors (Lipinski definition) is 4. The van der Waals surface area contributed by atoms with Crippen LogP contribution in [-0.4, -0.2) is 32.9 Å². The van der Waals surface area contributed by atoms with Gasteiger partial charge in [0.15, 0.2) is 0 Å². The van der Waals surface area contributed by atoms with E-state index in [1.165, 1.54) is 0 Å². The highest BCUT2D eigenvalue weighted by Crippen LogP contribution is 2.45. The molecule has 3 aliphatic rings. The largest absolute Gasteiger partial charge is 0.323 e. The lowest BCUT2D eigenvalue weighted by molar-refractivity contribution is -0.480. The van der Waals surface area contributed by atoms with Gasteiger partial charge in [-0.1, -0.05) is 38.9 Å². The van der Waals surface area contributed by atoms with Crippen LogP contribution in [0.15, 0.2) is 18.3 Å². The van der Waals surface area contributed by atoms with Gasteiger partial charge in [-0.2, -0.15) is 0 Å². The molecule has 0 spiro atoms. The molecule has 0 N–H and O–H groups in total. The van der Waals surface area contributed by atoms with Crippen molar-refractivity contribution in [1.29, 1.82) is 0 Å². The third-order valence-corrected chi connectivity index (χ3v) is 5.04. The van der Waals surface area contributed by atoms with Crippen molar-refractivity contribution in [2.75, 3.05) is 19.8 Å². The fourth-order valence-electron chi connectivity index (χ4n) is 2.89. The van der Waals surface area contributed by atoms with Gasteiger partial charge in [0.1, 0.15) is 13.8 Å². The summed E-state index contributed by atoms with van der Waals surface area (Å²) in [5, 5.41) is 0. The van der Waals surface area contributed by atoms with E-state index < -0.39 is 14.0 Å². The molecule has 4 heterocycles. The van der Waals surface area contributed by atoms with Crippen molar-refractivity contribution in [2.45, 2.75) is 45.4 Å². The first-order valence-electron chi connectivity index (χ1n) is 8.28. The maximum atomic E-state index is 5.95. The lowest BCUT2D eigenvalue weighted by atomic mass is 9.84. The van der Waals surface area contributed by atoms with Crippen LogP contribution in [0.5, 0.6) is 0 Å². The number of hydrogen-bond donors (Lipinski definition) is 0. The first-order valence-corrected chi connectivity index (χ1v) is 11.8. The Morgan fingerprint density at radius 1 is 1.13 bits per heavy atom. The summed E-state index contributed by atoms with van der Waals surface area (Å²) in [6.45, 7) is 10.9. The monoisotopic (exact) mass is 331 g/mol. The van der Waals surface area contributed by atoms with E-state index in [4.69, 9.17) is 14.2 Å². The summed E-state index contributed by atoms with van der Waals surface area (Å²) in [5.74, 6) is 2.08. The molecule has 0 atom stereocenters. The van der Waals surface area contributed by atoms with Crippen LogP contribution in [0.1, 0.15) is 31.0 Å². The van der Waals surface area contributed by atoms with Crippen LogP contribution in [0.4, 0.5) is 0 Å². The summed E-state index contributed by atoms with van der Waals surface area (Å²) in [4.78, 5) is 4.43. The molecule has 4 nitrogen and oxygen atoms in total. The van der Waals surface area contributed by atoms with E-state index in [0.29, 0.717) is 19.8 Å². The average Bonchev–Trinajstić information content (AvgIpc) is 2.55. The number of ether oxygens (including phenoxy) is 3. The molecular weight excluding hydrogens is 306 g/mol. The van der Waals surface area contributed by atoms with Gasteiger partial charge in [-0.3, -0.25) is 0 Å². The molecule has 3 fully saturated rings. The molecule has 0 unspecified atom stereocenters. The normalized spacial score (nSPS) is 29.9. The number of pyridine rings is 1. The number of aromatic nitrogens is 1. The number of rotatable bonds is 3. The fraction of sp³-hybridized carbons (Fsp3) is 0.611. The zero-order valence-electron chi connectivity index (χ0n) is 14.4. The standard InChI is InChI=1S/C18H25NO3Si/c1-5-9-17-12-20-18(21-13-17,22-14-17)15-6-7-16(19-11-15)8-10-23(2,3)4/h6-7,11H,5,9,12-14H2,1-4H3. The first kappa shape index (κ1) is 16.7. The second-order valence-electron chi connectivity index (χ2n) is 7.60. The molecule has 1 aromatic rings. The molecule has 3 saturated heterocycles. The summed E-state index contributed by atoms with van der Waals surface area (Å²) in [6.07, 6.45) is 3.92. The van der Waals surface area contributed by atoms with E-state index in [-0.39, 0.29) is 5.41 Å². The van der Waals surface area contributed by atoms with Crippen molar-refractivity contribution in [3.63, 3.8) is 0 Å². The highest BCUT2D eigenvalue weighted by atomic mass is 28.3. The predicted octanol–water partition coefficient (Wildman–Crippen LogP) is 3.28. The van der Waals surface area contributed by atoms with Gasteiger partial charge in [0.05, 0.1) is 25.4 Å². The smallest absolute Gasteiger partial charge is 0.313 e. The van der Waals surface area contributed by atoms with E-state index >= 15 is 0 Å². The Labute approximate surface area is 139 Å². The third-order valence-electron chi connectivity index (χ3n) is 4.17. The SMILES string of the molecule is CCCC12COC(c3ccc(C#C[Si](C)(C)C)nc3)(OC1)OC2. The minimum Gasteiger partial charge on any atom is -0.323 e. The van der Waals surface area contributed by atoms with E-state index in [0.717, 1.165) is 24.1 Å². The molecule has 4 rings (SSSR count). The molecule has 23 heavy (non-hydrogen) atoms. The van der Waals surface area contributed by atoms with Crippen molar-refractivity contribution >= 4 is 8.07 Å². The van der Waals surface area contributed by atoms with Crippen LogP contribution in [0, 0.1) is 16.9 Å². The maximum Gasteiger partial charge on any atom is 0.313 e. The molecule has 1 aromatic heterocycles. The Morgan fingerprint density at radius 2 is 1.78 bits per heavy atom. The molecule has 2 bridgehead atoms. The topological polar surface area (TPSA) is 40.6 Å². The zero-order chi connectivity index (χ0) is 16.6. The van der Waals surface area contributed by atoms with Gasteiger partial charge >= 0.3 is 5.97 Å². The van der Waals surface area contributed by atoms with Crippen LogP contribution in [0.25, 0.3) is 0 Å². The van der Waals surface area contributed by atoms with E-state index in [1.807, 2.05) is 12.1 Å². The summed E-state index contributed by atoms with van der Waals surface area (Å²) in [5.41, 5.74) is 4.92. The molecule has 0 aromatic carbocycles. The van der Waals surface area contributed by atoms with Crippen LogP contribution >= 0.6 is 0 Å². The van der Waals surface area contributed by atoms with Crippen molar-refractivity contribution in [3.8, 4) is 11.5 Å². The van der Waals surface area contributed by atoms with Crippen molar-refractivity contribution in [2.24, 2.45) is 5.41 Å². The summed E-state index contributed by atoms with van der Waals surface area (Å²) in [7, 11) is -1.39. The molecule has 3 aliphatic heterocycles. The number of fused-ring (bicyclic) bond motifs is 3. The van der Waals surface area contributed by atoms with Gasteiger partial charge < -0.3 is 14.2 Å². The van der Waals surface area contributed by atoms with Crippen LogP contribution in [0.3, 0.4) is 0 Å². The Balaban J connectivity index is 1.75.